The minimum absolute atomic E-state index is 0.690. The summed E-state index contributed by atoms with van der Waals surface area (Å²) in [6.07, 6.45) is 4.28. The molecule has 0 N–H and O–H groups in total. The number of hydrogen-bond acceptors (Lipinski definition) is 1. The van der Waals surface area contributed by atoms with E-state index in [0.717, 1.165) is 5.75 Å². The van der Waals surface area contributed by atoms with Crippen molar-refractivity contribution in [3.05, 3.63) is 71.9 Å². The fourth-order valence-corrected chi connectivity index (χ4v) is 2.57. The van der Waals surface area contributed by atoms with Gasteiger partial charge in [0.05, 0.1) is 12.0 Å². The van der Waals surface area contributed by atoms with Crippen LogP contribution in [-0.4, -0.2) is 6.61 Å². The van der Waals surface area contributed by atoms with Crippen molar-refractivity contribution in [3.8, 4) is 5.75 Å². The SMILES string of the molecule is CCOc1ccc2c(ccc(C=Cc3ccccc3)[n+]2C)c1. The fourth-order valence-electron chi connectivity index (χ4n) is 2.57. The van der Waals surface area contributed by atoms with E-state index in [1.807, 2.05) is 19.1 Å². The molecule has 1 heterocycles. The van der Waals surface area contributed by atoms with Gasteiger partial charge in [-0.25, -0.2) is 0 Å². The van der Waals surface area contributed by atoms with Gasteiger partial charge in [0, 0.05) is 18.2 Å². The zero-order valence-electron chi connectivity index (χ0n) is 13.0. The minimum atomic E-state index is 0.690. The first-order valence-electron chi connectivity index (χ1n) is 7.56. The number of fused-ring (bicyclic) bond motifs is 1. The predicted molar refractivity (Wildman–Crippen MR) is 91.7 cm³/mol. The molecule has 0 spiro atoms. The topological polar surface area (TPSA) is 13.1 Å². The van der Waals surface area contributed by atoms with Gasteiger partial charge in [0.15, 0.2) is 0 Å². The quantitative estimate of drug-likeness (QED) is 0.655. The molecule has 0 aliphatic carbocycles. The van der Waals surface area contributed by atoms with Crippen molar-refractivity contribution in [1.29, 1.82) is 0 Å². The van der Waals surface area contributed by atoms with Gasteiger partial charge in [-0.1, -0.05) is 30.3 Å². The van der Waals surface area contributed by atoms with E-state index >= 15 is 0 Å². The second-order valence-electron chi connectivity index (χ2n) is 5.21. The molecule has 2 aromatic carbocycles. The lowest BCUT2D eigenvalue weighted by Crippen LogP contribution is -2.32. The van der Waals surface area contributed by atoms with E-state index in [1.165, 1.54) is 22.2 Å². The highest BCUT2D eigenvalue weighted by Gasteiger charge is 2.10. The summed E-state index contributed by atoms with van der Waals surface area (Å²) in [5.74, 6) is 0.919. The molecule has 22 heavy (non-hydrogen) atoms. The van der Waals surface area contributed by atoms with E-state index < -0.39 is 0 Å². The minimum Gasteiger partial charge on any atom is -0.494 e. The maximum absolute atomic E-state index is 5.57. The van der Waals surface area contributed by atoms with Crippen LogP contribution >= 0.6 is 0 Å². The fraction of sp³-hybridized carbons (Fsp3) is 0.150. The number of aromatic nitrogens is 1. The Morgan fingerprint density at radius 2 is 1.77 bits per heavy atom. The summed E-state index contributed by atoms with van der Waals surface area (Å²) in [5.41, 5.74) is 3.56. The Kier molecular flexibility index (Phi) is 4.19. The van der Waals surface area contributed by atoms with Gasteiger partial charge in [0.2, 0.25) is 11.2 Å². The molecule has 0 bridgehead atoms. The third kappa shape index (κ3) is 3.01. The number of pyridine rings is 1. The van der Waals surface area contributed by atoms with Gasteiger partial charge in [0.25, 0.3) is 0 Å². The Bertz CT molecular complexity index is 807. The summed E-state index contributed by atoms with van der Waals surface area (Å²) < 4.78 is 7.77. The zero-order valence-corrected chi connectivity index (χ0v) is 13.0. The van der Waals surface area contributed by atoms with Crippen LogP contribution in [0.2, 0.25) is 0 Å². The normalized spacial score (nSPS) is 11.2. The molecule has 3 aromatic rings. The lowest BCUT2D eigenvalue weighted by molar-refractivity contribution is -0.646. The van der Waals surface area contributed by atoms with E-state index in [0.29, 0.717) is 6.61 Å². The summed E-state index contributed by atoms with van der Waals surface area (Å²) in [4.78, 5) is 0. The number of hydrogen-bond donors (Lipinski definition) is 0. The zero-order chi connectivity index (χ0) is 15.4. The van der Waals surface area contributed by atoms with E-state index in [9.17, 15) is 0 Å². The van der Waals surface area contributed by atoms with Crippen molar-refractivity contribution >= 4 is 23.1 Å². The molecule has 0 aliphatic rings. The first-order valence-corrected chi connectivity index (χ1v) is 7.56. The van der Waals surface area contributed by atoms with Crippen LogP contribution in [0.1, 0.15) is 18.2 Å². The first kappa shape index (κ1) is 14.3. The molecule has 2 nitrogen and oxygen atoms in total. The summed E-state index contributed by atoms with van der Waals surface area (Å²) in [5, 5.41) is 1.19. The monoisotopic (exact) mass is 290 g/mol. The lowest BCUT2D eigenvalue weighted by atomic mass is 10.1. The van der Waals surface area contributed by atoms with E-state index in [2.05, 4.69) is 72.3 Å². The van der Waals surface area contributed by atoms with E-state index in [4.69, 9.17) is 4.74 Å². The molecule has 0 amide bonds. The van der Waals surface area contributed by atoms with Crippen LogP contribution in [-0.2, 0) is 7.05 Å². The molecule has 0 aliphatic heterocycles. The maximum atomic E-state index is 5.57. The molecule has 0 fully saturated rings. The van der Waals surface area contributed by atoms with Gasteiger partial charge in [0.1, 0.15) is 12.8 Å². The Morgan fingerprint density at radius 1 is 0.955 bits per heavy atom. The van der Waals surface area contributed by atoms with Crippen molar-refractivity contribution in [3.63, 3.8) is 0 Å². The summed E-state index contributed by atoms with van der Waals surface area (Å²) >= 11 is 0. The third-order valence-corrected chi connectivity index (χ3v) is 3.74. The van der Waals surface area contributed by atoms with Crippen molar-refractivity contribution < 1.29 is 9.30 Å². The van der Waals surface area contributed by atoms with Crippen LogP contribution in [0.5, 0.6) is 5.75 Å². The number of benzene rings is 2. The molecule has 0 saturated carbocycles. The van der Waals surface area contributed by atoms with Crippen molar-refractivity contribution in [2.75, 3.05) is 6.61 Å². The Labute approximate surface area is 131 Å². The molecule has 0 unspecified atom stereocenters. The molecule has 3 rings (SSSR count). The smallest absolute Gasteiger partial charge is 0.212 e. The molecular weight excluding hydrogens is 270 g/mol. The van der Waals surface area contributed by atoms with Gasteiger partial charge >= 0.3 is 0 Å². The maximum Gasteiger partial charge on any atom is 0.212 e. The van der Waals surface area contributed by atoms with Crippen molar-refractivity contribution in [2.45, 2.75) is 6.92 Å². The van der Waals surface area contributed by atoms with Crippen LogP contribution in [0, 0.1) is 0 Å². The molecule has 0 saturated heterocycles. The summed E-state index contributed by atoms with van der Waals surface area (Å²) in [6.45, 7) is 2.69. The van der Waals surface area contributed by atoms with Crippen LogP contribution in [0.4, 0.5) is 0 Å². The van der Waals surface area contributed by atoms with E-state index in [1.54, 1.807) is 0 Å². The Morgan fingerprint density at radius 3 is 2.55 bits per heavy atom. The van der Waals surface area contributed by atoms with Crippen LogP contribution in [0.25, 0.3) is 23.1 Å². The second kappa shape index (κ2) is 6.44. The molecule has 0 atom stereocenters. The van der Waals surface area contributed by atoms with Crippen LogP contribution in [0.15, 0.2) is 60.7 Å². The van der Waals surface area contributed by atoms with Crippen LogP contribution in [0.3, 0.4) is 0 Å². The molecule has 2 heteroatoms. The number of rotatable bonds is 4. The number of aryl methyl sites for hydroxylation is 1. The van der Waals surface area contributed by atoms with Gasteiger partial charge < -0.3 is 4.74 Å². The molecule has 110 valence electrons. The average molecular weight is 290 g/mol. The largest absolute Gasteiger partial charge is 0.494 e. The lowest BCUT2D eigenvalue weighted by Gasteiger charge is -2.04. The van der Waals surface area contributed by atoms with E-state index in [-0.39, 0.29) is 0 Å². The Hall–Kier alpha value is -2.61. The van der Waals surface area contributed by atoms with Gasteiger partial charge in [-0.2, -0.15) is 4.57 Å². The highest BCUT2D eigenvalue weighted by molar-refractivity contribution is 5.79. The standard InChI is InChI=1S/C20H20NO/c1-3-22-19-13-14-20-17(15-19)10-12-18(21(20)2)11-9-16-7-5-4-6-8-16/h4-15H,3H2,1-2H3/q+1. The number of ether oxygens (including phenoxy) is 1. The van der Waals surface area contributed by atoms with Gasteiger partial charge in [-0.05, 0) is 36.8 Å². The second-order valence-corrected chi connectivity index (χ2v) is 5.21. The highest BCUT2D eigenvalue weighted by Crippen LogP contribution is 2.19. The highest BCUT2D eigenvalue weighted by atomic mass is 16.5. The summed E-state index contributed by atoms with van der Waals surface area (Å²) in [6, 6.07) is 20.8. The predicted octanol–water partition coefficient (Wildman–Crippen LogP) is 4.23. The Balaban J connectivity index is 1.96. The molecular formula is C20H20NO+. The summed E-state index contributed by atoms with van der Waals surface area (Å²) in [7, 11) is 2.09. The van der Waals surface area contributed by atoms with Gasteiger partial charge in [-0.3, -0.25) is 0 Å². The number of nitrogens with zero attached hydrogens (tertiary/aromatic N) is 1. The van der Waals surface area contributed by atoms with Gasteiger partial charge in [-0.15, -0.1) is 0 Å². The molecule has 0 radical (unpaired) electrons. The average Bonchev–Trinajstić information content (AvgIpc) is 2.55. The third-order valence-electron chi connectivity index (χ3n) is 3.74. The van der Waals surface area contributed by atoms with Crippen molar-refractivity contribution in [2.24, 2.45) is 7.05 Å². The first-order chi connectivity index (χ1) is 10.8. The van der Waals surface area contributed by atoms with Crippen molar-refractivity contribution in [1.82, 2.24) is 0 Å². The molecule has 1 aromatic heterocycles. The van der Waals surface area contributed by atoms with Crippen LogP contribution < -0.4 is 9.30 Å².